The number of nitrogens with one attached hydrogen (secondary N) is 1. The molecule has 6 nitrogen and oxygen atoms in total. The lowest BCUT2D eigenvalue weighted by Crippen LogP contribution is -2.53. The maximum atomic E-state index is 11.6. The molecule has 2 unspecified atom stereocenters. The molecular weight excluding hydrogens is 501 g/mol. The van der Waals surface area contributed by atoms with Crippen molar-refractivity contribution in [2.24, 2.45) is 16.8 Å². The number of nitrogens with zero attached hydrogens (tertiary/aromatic N) is 4. The summed E-state index contributed by atoms with van der Waals surface area (Å²) in [6.45, 7) is 16.6. The molecule has 174 valence electrons. The zero-order chi connectivity index (χ0) is 21.5. The second-order valence-electron chi connectivity index (χ2n) is 9.12. The van der Waals surface area contributed by atoms with E-state index in [1.807, 2.05) is 4.90 Å². The van der Waals surface area contributed by atoms with E-state index in [4.69, 9.17) is 4.99 Å². The summed E-state index contributed by atoms with van der Waals surface area (Å²) in [7, 11) is 0. The summed E-state index contributed by atoms with van der Waals surface area (Å²) in [5.41, 5.74) is 2.62. The van der Waals surface area contributed by atoms with Gasteiger partial charge in [0.15, 0.2) is 5.96 Å². The van der Waals surface area contributed by atoms with Gasteiger partial charge in [0.05, 0.1) is 6.54 Å². The van der Waals surface area contributed by atoms with Crippen LogP contribution in [0.3, 0.4) is 0 Å². The van der Waals surface area contributed by atoms with Crippen LogP contribution in [0.4, 0.5) is 0 Å². The van der Waals surface area contributed by atoms with Crippen LogP contribution in [0.2, 0.25) is 0 Å². The number of rotatable bonds is 5. The minimum Gasteiger partial charge on any atom is -0.357 e. The molecule has 2 aliphatic rings. The summed E-state index contributed by atoms with van der Waals surface area (Å²) in [5, 5.41) is 3.41. The van der Waals surface area contributed by atoms with Gasteiger partial charge in [0.1, 0.15) is 0 Å². The number of amides is 1. The molecule has 2 atom stereocenters. The average Bonchev–Trinajstić information content (AvgIpc) is 2.71. The molecule has 1 aromatic carbocycles. The van der Waals surface area contributed by atoms with Gasteiger partial charge in [0, 0.05) is 59.3 Å². The molecule has 0 aliphatic carbocycles. The van der Waals surface area contributed by atoms with Crippen molar-refractivity contribution >= 4 is 35.8 Å². The highest BCUT2D eigenvalue weighted by Crippen LogP contribution is 2.22. The van der Waals surface area contributed by atoms with Crippen LogP contribution >= 0.6 is 24.0 Å². The fourth-order valence-corrected chi connectivity index (χ4v) is 4.75. The molecule has 2 fully saturated rings. The Morgan fingerprint density at radius 1 is 1.00 bits per heavy atom. The Morgan fingerprint density at radius 3 is 2.10 bits per heavy atom. The Bertz CT molecular complexity index is 705. The van der Waals surface area contributed by atoms with Crippen molar-refractivity contribution in [1.82, 2.24) is 20.0 Å². The lowest BCUT2D eigenvalue weighted by molar-refractivity contribution is -0.130. The molecule has 0 radical (unpaired) electrons. The monoisotopic (exact) mass is 541 g/mol. The molecule has 3 rings (SSSR count). The smallest absolute Gasteiger partial charge is 0.219 e. The fraction of sp³-hybridized carbons (Fsp3) is 0.667. The van der Waals surface area contributed by atoms with Gasteiger partial charge in [-0.1, -0.05) is 38.1 Å². The number of benzene rings is 1. The molecule has 7 heteroatoms. The van der Waals surface area contributed by atoms with Crippen molar-refractivity contribution in [3.05, 3.63) is 35.4 Å². The number of carbonyl (C=O) groups excluding carboxylic acids is 1. The number of hydrogen-bond donors (Lipinski definition) is 1. The number of aliphatic imine (C=N–C) groups is 1. The fourth-order valence-electron chi connectivity index (χ4n) is 4.75. The maximum absolute atomic E-state index is 11.6. The van der Waals surface area contributed by atoms with Gasteiger partial charge in [-0.3, -0.25) is 9.69 Å². The minimum atomic E-state index is 0. The maximum Gasteiger partial charge on any atom is 0.219 e. The van der Waals surface area contributed by atoms with Gasteiger partial charge in [-0.25, -0.2) is 4.99 Å². The van der Waals surface area contributed by atoms with Crippen LogP contribution in [0.25, 0.3) is 0 Å². The number of carbonyl (C=O) groups is 1. The predicted octanol–water partition coefficient (Wildman–Crippen LogP) is 3.41. The Balaban J connectivity index is 0.00000341. The third-order valence-electron chi connectivity index (χ3n) is 6.14. The van der Waals surface area contributed by atoms with Crippen LogP contribution in [0.1, 0.15) is 45.2 Å². The summed E-state index contributed by atoms with van der Waals surface area (Å²) in [4.78, 5) is 23.2. The summed E-state index contributed by atoms with van der Waals surface area (Å²) >= 11 is 0. The molecule has 0 aromatic heterocycles. The van der Waals surface area contributed by atoms with Gasteiger partial charge in [-0.2, -0.15) is 0 Å². The normalized spacial score (nSPS) is 22.8. The van der Waals surface area contributed by atoms with Crippen molar-refractivity contribution in [2.45, 2.75) is 47.2 Å². The highest BCUT2D eigenvalue weighted by atomic mass is 127. The van der Waals surface area contributed by atoms with Crippen LogP contribution in [-0.4, -0.2) is 72.4 Å². The van der Waals surface area contributed by atoms with Crippen molar-refractivity contribution < 1.29 is 4.79 Å². The number of likely N-dealkylation sites (tertiary alicyclic amines) is 1. The molecule has 1 aromatic rings. The third kappa shape index (κ3) is 7.93. The highest BCUT2D eigenvalue weighted by molar-refractivity contribution is 14.0. The topological polar surface area (TPSA) is 51.2 Å². The van der Waals surface area contributed by atoms with E-state index in [9.17, 15) is 4.79 Å². The van der Waals surface area contributed by atoms with Gasteiger partial charge in [0.25, 0.3) is 0 Å². The Hall–Kier alpha value is -1.35. The van der Waals surface area contributed by atoms with Crippen LogP contribution in [-0.2, 0) is 17.9 Å². The van der Waals surface area contributed by atoms with Crippen LogP contribution in [0.15, 0.2) is 29.3 Å². The quantitative estimate of drug-likeness (QED) is 0.353. The van der Waals surface area contributed by atoms with Gasteiger partial charge in [0.2, 0.25) is 5.91 Å². The molecule has 0 spiro atoms. The first-order valence-electron chi connectivity index (χ1n) is 11.5. The van der Waals surface area contributed by atoms with E-state index in [1.165, 1.54) is 30.6 Å². The summed E-state index contributed by atoms with van der Waals surface area (Å²) < 4.78 is 0. The van der Waals surface area contributed by atoms with Crippen molar-refractivity contribution in [3.63, 3.8) is 0 Å². The minimum absolute atomic E-state index is 0. The largest absolute Gasteiger partial charge is 0.357 e. The molecule has 31 heavy (non-hydrogen) atoms. The van der Waals surface area contributed by atoms with Crippen LogP contribution in [0.5, 0.6) is 0 Å². The van der Waals surface area contributed by atoms with E-state index in [1.54, 1.807) is 6.92 Å². The lowest BCUT2D eigenvalue weighted by Gasteiger charge is -2.36. The van der Waals surface area contributed by atoms with E-state index in [-0.39, 0.29) is 29.9 Å². The van der Waals surface area contributed by atoms with Crippen LogP contribution < -0.4 is 5.32 Å². The molecular formula is C24H40IN5O. The first-order valence-corrected chi connectivity index (χ1v) is 11.5. The Labute approximate surface area is 205 Å². The Morgan fingerprint density at radius 2 is 1.55 bits per heavy atom. The highest BCUT2D eigenvalue weighted by Gasteiger charge is 2.22. The van der Waals surface area contributed by atoms with E-state index in [2.05, 4.69) is 60.2 Å². The number of piperazine rings is 1. The van der Waals surface area contributed by atoms with Gasteiger partial charge in [-0.05, 0) is 36.3 Å². The zero-order valence-electron chi connectivity index (χ0n) is 19.6. The molecule has 0 bridgehead atoms. The lowest BCUT2D eigenvalue weighted by atomic mass is 9.91. The van der Waals surface area contributed by atoms with E-state index in [0.29, 0.717) is 6.54 Å². The molecule has 1 amide bonds. The van der Waals surface area contributed by atoms with E-state index < -0.39 is 0 Å². The predicted molar refractivity (Wildman–Crippen MR) is 139 cm³/mol. The molecule has 0 saturated carbocycles. The summed E-state index contributed by atoms with van der Waals surface area (Å²) in [5.74, 6) is 2.69. The number of hydrogen-bond acceptors (Lipinski definition) is 3. The third-order valence-corrected chi connectivity index (χ3v) is 6.14. The second-order valence-corrected chi connectivity index (χ2v) is 9.12. The average molecular weight is 542 g/mol. The Kier molecular flexibility index (Phi) is 10.6. The van der Waals surface area contributed by atoms with E-state index in [0.717, 1.165) is 57.1 Å². The molecule has 2 aliphatic heterocycles. The van der Waals surface area contributed by atoms with Crippen molar-refractivity contribution in [2.75, 3.05) is 45.8 Å². The van der Waals surface area contributed by atoms with Gasteiger partial charge in [-0.15, -0.1) is 24.0 Å². The molecule has 2 heterocycles. The molecule has 1 N–H and O–H groups in total. The summed E-state index contributed by atoms with van der Waals surface area (Å²) in [6.07, 6.45) is 1.35. The van der Waals surface area contributed by atoms with Gasteiger partial charge < -0.3 is 15.1 Å². The number of halogens is 1. The zero-order valence-corrected chi connectivity index (χ0v) is 22.0. The summed E-state index contributed by atoms with van der Waals surface area (Å²) in [6, 6.07) is 8.94. The van der Waals surface area contributed by atoms with Crippen LogP contribution in [0, 0.1) is 11.8 Å². The van der Waals surface area contributed by atoms with Crippen molar-refractivity contribution in [3.8, 4) is 0 Å². The van der Waals surface area contributed by atoms with Crippen molar-refractivity contribution in [1.29, 1.82) is 0 Å². The standard InChI is InChI=1S/C24H39N5O.HI/c1-5-25-24(29-12-10-28(11-13-29)21(4)30)26-15-22-6-8-23(9-7-22)18-27-16-19(2)14-20(3)17-27;/h6-9,19-20H,5,10-18H2,1-4H3,(H,25,26);1H. The molecule has 2 saturated heterocycles. The SMILES string of the molecule is CCNC(=NCc1ccc(CN2CC(C)CC(C)C2)cc1)N1CCN(C(C)=O)CC1.I. The first kappa shape index (κ1) is 25.9. The van der Waals surface area contributed by atoms with E-state index >= 15 is 0 Å². The van der Waals surface area contributed by atoms with Gasteiger partial charge >= 0.3 is 0 Å². The number of piperidine rings is 1. The number of guanidine groups is 1. The first-order chi connectivity index (χ1) is 14.4. The second kappa shape index (κ2) is 12.6.